The zero-order chi connectivity index (χ0) is 12.0. The van der Waals surface area contributed by atoms with Gasteiger partial charge in [0.1, 0.15) is 10.6 Å². The van der Waals surface area contributed by atoms with Gasteiger partial charge in [-0.25, -0.2) is 14.8 Å². The van der Waals surface area contributed by atoms with Crippen LogP contribution in [0.2, 0.25) is 0 Å². The molecule has 0 saturated carbocycles. The molecule has 0 atom stereocenters. The Balaban J connectivity index is 2.33. The number of carboxylic acid groups (broad SMARTS) is 1. The smallest absolute Gasteiger partial charge is 0.356 e. The molecule has 0 amide bonds. The van der Waals surface area contributed by atoms with Gasteiger partial charge in [-0.3, -0.25) is 4.40 Å². The van der Waals surface area contributed by atoms with E-state index in [0.29, 0.717) is 10.7 Å². The number of nitrogens with zero attached hydrogens (tertiary/aromatic N) is 3. The van der Waals surface area contributed by atoms with E-state index >= 15 is 0 Å². The number of pyridine rings is 1. The van der Waals surface area contributed by atoms with Crippen molar-refractivity contribution in [2.45, 2.75) is 0 Å². The van der Waals surface area contributed by atoms with Gasteiger partial charge in [0.25, 0.3) is 0 Å². The predicted octanol–water partition coefficient (Wildman–Crippen LogP) is 1.65. The first-order valence-electron chi connectivity index (χ1n) is 4.74. The van der Waals surface area contributed by atoms with Gasteiger partial charge < -0.3 is 9.84 Å². The van der Waals surface area contributed by atoms with Crippen molar-refractivity contribution in [1.29, 1.82) is 0 Å². The fourth-order valence-corrected chi connectivity index (χ4v) is 2.52. The highest BCUT2D eigenvalue weighted by molar-refractivity contribution is 7.23. The molecule has 0 aromatic carbocycles. The number of aromatic carboxylic acids is 1. The van der Waals surface area contributed by atoms with Crippen LogP contribution in [0.1, 0.15) is 10.5 Å². The number of rotatable bonds is 2. The molecule has 0 saturated heterocycles. The number of fused-ring (bicyclic) bond motifs is 3. The minimum absolute atomic E-state index is 0.0287. The van der Waals surface area contributed by atoms with Gasteiger partial charge in [0.2, 0.25) is 0 Å². The van der Waals surface area contributed by atoms with Gasteiger partial charge in [-0.1, -0.05) is 11.3 Å². The molecule has 0 unspecified atom stereocenters. The lowest BCUT2D eigenvalue weighted by atomic mass is 10.4. The van der Waals surface area contributed by atoms with Gasteiger partial charge in [-0.2, -0.15) is 0 Å². The Hall–Kier alpha value is -2.15. The predicted molar refractivity (Wildman–Crippen MR) is 61.9 cm³/mol. The molecule has 0 aliphatic rings. The third-order valence-corrected chi connectivity index (χ3v) is 3.36. The van der Waals surface area contributed by atoms with Crippen molar-refractivity contribution in [2.75, 3.05) is 7.11 Å². The molecule has 0 bridgehead atoms. The minimum Gasteiger partial charge on any atom is -0.495 e. The maximum absolute atomic E-state index is 10.8. The molecule has 0 radical (unpaired) electrons. The van der Waals surface area contributed by atoms with Crippen molar-refractivity contribution < 1.29 is 14.6 Å². The normalized spacial score (nSPS) is 11.1. The van der Waals surface area contributed by atoms with E-state index in [1.54, 1.807) is 23.8 Å². The van der Waals surface area contributed by atoms with Gasteiger partial charge in [-0.15, -0.1) is 0 Å². The summed E-state index contributed by atoms with van der Waals surface area (Å²) < 4.78 is 6.79. The van der Waals surface area contributed by atoms with Crippen LogP contribution in [0.4, 0.5) is 0 Å². The minimum atomic E-state index is -1.04. The van der Waals surface area contributed by atoms with Crippen LogP contribution in [0.25, 0.3) is 15.3 Å². The lowest BCUT2D eigenvalue weighted by molar-refractivity contribution is 0.0691. The summed E-state index contributed by atoms with van der Waals surface area (Å²) in [6.45, 7) is 0. The summed E-state index contributed by atoms with van der Waals surface area (Å²) >= 11 is 1.34. The third-order valence-electron chi connectivity index (χ3n) is 2.38. The Labute approximate surface area is 99.1 Å². The van der Waals surface area contributed by atoms with Crippen LogP contribution in [0, 0.1) is 0 Å². The van der Waals surface area contributed by atoms with Gasteiger partial charge >= 0.3 is 5.97 Å². The van der Waals surface area contributed by atoms with Crippen LogP contribution >= 0.6 is 11.3 Å². The van der Waals surface area contributed by atoms with E-state index in [4.69, 9.17) is 9.84 Å². The van der Waals surface area contributed by atoms with Crippen LogP contribution in [0.15, 0.2) is 18.5 Å². The lowest BCUT2D eigenvalue weighted by Crippen LogP contribution is -1.95. The highest BCUT2D eigenvalue weighted by Crippen LogP contribution is 2.27. The zero-order valence-corrected chi connectivity index (χ0v) is 9.56. The van der Waals surface area contributed by atoms with Gasteiger partial charge in [0.15, 0.2) is 10.7 Å². The van der Waals surface area contributed by atoms with Crippen LogP contribution in [-0.4, -0.2) is 32.6 Å². The molecule has 3 heterocycles. The van der Waals surface area contributed by atoms with Gasteiger partial charge in [0, 0.05) is 12.3 Å². The Bertz CT molecular complexity index is 731. The van der Waals surface area contributed by atoms with E-state index in [-0.39, 0.29) is 5.69 Å². The number of thiazole rings is 1. The number of ether oxygens (including phenoxy) is 1. The number of carbonyl (C=O) groups is 1. The molecule has 0 aliphatic heterocycles. The highest BCUT2D eigenvalue weighted by atomic mass is 32.1. The molecular formula is C10H7N3O3S. The van der Waals surface area contributed by atoms with Crippen molar-refractivity contribution in [3.05, 3.63) is 24.2 Å². The summed E-state index contributed by atoms with van der Waals surface area (Å²) in [4.78, 5) is 20.4. The molecule has 3 rings (SSSR count). The van der Waals surface area contributed by atoms with Crippen molar-refractivity contribution in [2.24, 2.45) is 0 Å². The molecule has 3 aromatic rings. The molecule has 6 nitrogen and oxygen atoms in total. The summed E-state index contributed by atoms with van der Waals surface area (Å²) in [6, 6.07) is 1.80. The summed E-state index contributed by atoms with van der Waals surface area (Å²) in [5.41, 5.74) is 0.824. The first-order valence-corrected chi connectivity index (χ1v) is 5.55. The molecule has 86 valence electrons. The second kappa shape index (κ2) is 3.42. The maximum Gasteiger partial charge on any atom is 0.356 e. The fraction of sp³-hybridized carbons (Fsp3) is 0.100. The highest BCUT2D eigenvalue weighted by Gasteiger charge is 2.14. The maximum atomic E-state index is 10.8. The molecule has 17 heavy (non-hydrogen) atoms. The number of imidazole rings is 1. The van der Waals surface area contributed by atoms with Gasteiger partial charge in [0.05, 0.1) is 18.8 Å². The number of methoxy groups -OCH3 is 1. The van der Waals surface area contributed by atoms with Crippen LogP contribution in [-0.2, 0) is 0 Å². The third kappa shape index (κ3) is 1.43. The van der Waals surface area contributed by atoms with E-state index in [0.717, 1.165) is 10.3 Å². The fourth-order valence-electron chi connectivity index (χ4n) is 1.58. The standard InChI is InChI=1S/C10H7N3O3S/c1-16-5-2-7-8(11-3-5)17-10-12-6(9(14)15)4-13(7)10/h2-4H,1H3,(H,14,15). The quantitative estimate of drug-likeness (QED) is 0.747. The van der Waals surface area contributed by atoms with Crippen LogP contribution < -0.4 is 4.74 Å². The molecule has 0 aliphatic carbocycles. The number of hydrogen-bond donors (Lipinski definition) is 1. The average molecular weight is 249 g/mol. The molecule has 0 spiro atoms. The van der Waals surface area contributed by atoms with Crippen molar-refractivity contribution in [3.63, 3.8) is 0 Å². The van der Waals surface area contributed by atoms with Gasteiger partial charge in [-0.05, 0) is 0 Å². The van der Waals surface area contributed by atoms with Crippen LogP contribution in [0.5, 0.6) is 5.75 Å². The second-order valence-electron chi connectivity index (χ2n) is 3.39. The largest absolute Gasteiger partial charge is 0.495 e. The zero-order valence-electron chi connectivity index (χ0n) is 8.75. The molecular weight excluding hydrogens is 242 g/mol. The molecule has 3 aromatic heterocycles. The Morgan fingerprint density at radius 3 is 3.12 bits per heavy atom. The summed E-state index contributed by atoms with van der Waals surface area (Å²) in [5, 5.41) is 8.87. The first kappa shape index (κ1) is 10.0. The summed E-state index contributed by atoms with van der Waals surface area (Å²) in [5.74, 6) is -0.410. The monoisotopic (exact) mass is 249 g/mol. The van der Waals surface area contributed by atoms with E-state index in [1.165, 1.54) is 17.5 Å². The topological polar surface area (TPSA) is 76.7 Å². The van der Waals surface area contributed by atoms with Crippen molar-refractivity contribution in [1.82, 2.24) is 14.4 Å². The SMILES string of the molecule is COc1cnc2sc3nc(C(=O)O)cn3c2c1. The van der Waals surface area contributed by atoms with E-state index < -0.39 is 5.97 Å². The second-order valence-corrected chi connectivity index (χ2v) is 4.34. The Morgan fingerprint density at radius 1 is 1.59 bits per heavy atom. The number of carboxylic acids is 1. The van der Waals surface area contributed by atoms with Crippen molar-refractivity contribution >= 4 is 32.6 Å². The van der Waals surface area contributed by atoms with E-state index in [2.05, 4.69) is 9.97 Å². The van der Waals surface area contributed by atoms with E-state index in [9.17, 15) is 4.79 Å². The lowest BCUT2D eigenvalue weighted by Gasteiger charge is -1.97. The molecule has 7 heteroatoms. The molecule has 0 fully saturated rings. The summed E-state index contributed by atoms with van der Waals surface area (Å²) in [7, 11) is 1.56. The van der Waals surface area contributed by atoms with E-state index in [1.807, 2.05) is 0 Å². The van der Waals surface area contributed by atoms with Crippen LogP contribution in [0.3, 0.4) is 0 Å². The number of aromatic nitrogens is 3. The van der Waals surface area contributed by atoms with Crippen molar-refractivity contribution in [3.8, 4) is 5.75 Å². The first-order chi connectivity index (χ1) is 8.19. The average Bonchev–Trinajstić information content (AvgIpc) is 2.85. The summed E-state index contributed by atoms with van der Waals surface area (Å²) in [6.07, 6.45) is 3.11. The molecule has 1 N–H and O–H groups in total. The Morgan fingerprint density at radius 2 is 2.41 bits per heavy atom. The number of hydrogen-bond acceptors (Lipinski definition) is 5. The Kier molecular flexibility index (Phi) is 2.02.